The summed E-state index contributed by atoms with van der Waals surface area (Å²) in [6, 6.07) is 10.3. The van der Waals surface area contributed by atoms with Gasteiger partial charge in [-0.2, -0.15) is 0 Å². The molecular formula is C12H17O2PSi. The topological polar surface area (TPSA) is 40.5 Å². The van der Waals surface area contributed by atoms with Crippen LogP contribution in [0.2, 0.25) is 13.1 Å². The van der Waals surface area contributed by atoms with Crippen LogP contribution in [0, 0.1) is 0 Å². The summed E-state index contributed by atoms with van der Waals surface area (Å²) in [6.07, 6.45) is 2.17. The Hall–Kier alpha value is -1.05. The Morgan fingerprint density at radius 2 is 1.50 bits per heavy atom. The minimum atomic E-state index is -1.68. The minimum absolute atomic E-state index is 0.603. The lowest BCUT2D eigenvalue weighted by molar-refractivity contribution is 0.474. The molecule has 1 aromatic rings. The third kappa shape index (κ3) is 2.97. The van der Waals surface area contributed by atoms with Crippen molar-refractivity contribution in [2.24, 2.45) is 0 Å². The number of hydrogen-bond acceptors (Lipinski definition) is 2. The van der Waals surface area contributed by atoms with Gasteiger partial charge in [-0.05, 0) is 11.6 Å². The van der Waals surface area contributed by atoms with Crippen molar-refractivity contribution < 1.29 is 10.2 Å². The first-order valence-corrected chi connectivity index (χ1v) is 10.4. The minimum Gasteiger partial charge on any atom is -0.516 e. The molecule has 4 heteroatoms. The molecule has 0 radical (unpaired) electrons. The summed E-state index contributed by atoms with van der Waals surface area (Å²) < 4.78 is 0. The second-order valence-electron chi connectivity index (χ2n) is 3.93. The zero-order chi connectivity index (χ0) is 12.0. The lowest BCUT2D eigenvalue weighted by atomic mass is 10.4. The molecule has 1 aromatic carbocycles. The van der Waals surface area contributed by atoms with Gasteiger partial charge in [0.05, 0.1) is 12.5 Å². The number of hydrogen-bond donors (Lipinski definition) is 2. The molecule has 0 aromatic heterocycles. The summed E-state index contributed by atoms with van der Waals surface area (Å²) in [7, 11) is -2.28. The standard InChI is InChI=1S/C12H17O2PSi/c1-16(2,12-6-4-3-5-7-12)15(10-8-13)11-9-14/h3-11,13-14H,1-2H3/b10-8+,11-9+. The zero-order valence-electron chi connectivity index (χ0n) is 9.54. The predicted molar refractivity (Wildman–Crippen MR) is 74.0 cm³/mol. The molecule has 0 saturated carbocycles. The highest BCUT2D eigenvalue weighted by atomic mass is 31.4. The number of aliphatic hydroxyl groups is 2. The van der Waals surface area contributed by atoms with E-state index >= 15 is 0 Å². The van der Waals surface area contributed by atoms with Gasteiger partial charge in [-0.1, -0.05) is 56.1 Å². The van der Waals surface area contributed by atoms with Crippen LogP contribution in [0.3, 0.4) is 0 Å². The van der Waals surface area contributed by atoms with E-state index in [4.69, 9.17) is 10.2 Å². The van der Waals surface area contributed by atoms with E-state index in [1.54, 1.807) is 11.6 Å². The van der Waals surface area contributed by atoms with Crippen LogP contribution in [0.5, 0.6) is 0 Å². The van der Waals surface area contributed by atoms with Crippen LogP contribution in [0.25, 0.3) is 0 Å². The summed E-state index contributed by atoms with van der Waals surface area (Å²) >= 11 is 0. The highest BCUT2D eigenvalue weighted by Gasteiger charge is 2.30. The number of aliphatic hydroxyl groups excluding tert-OH is 2. The van der Waals surface area contributed by atoms with Crippen molar-refractivity contribution >= 4 is 20.4 Å². The van der Waals surface area contributed by atoms with Crippen LogP contribution in [0.1, 0.15) is 0 Å². The molecule has 1 rings (SSSR count). The molecular weight excluding hydrogens is 235 g/mol. The Labute approximate surface area is 98.6 Å². The van der Waals surface area contributed by atoms with Crippen LogP contribution in [0.4, 0.5) is 0 Å². The Bertz CT molecular complexity index is 362. The third-order valence-corrected chi connectivity index (χ3v) is 12.1. The first-order chi connectivity index (χ1) is 7.62. The van der Waals surface area contributed by atoms with Crippen molar-refractivity contribution in [3.63, 3.8) is 0 Å². The SMILES string of the molecule is C[Si](C)(c1ccccc1)P(/C=C/O)/C=C/O. The Kier molecular flexibility index (Phi) is 4.78. The van der Waals surface area contributed by atoms with E-state index in [9.17, 15) is 0 Å². The van der Waals surface area contributed by atoms with Crippen LogP contribution >= 0.6 is 7.47 Å². The van der Waals surface area contributed by atoms with E-state index in [0.29, 0.717) is 0 Å². The second kappa shape index (κ2) is 5.88. The normalized spacial score (nSPS) is 12.9. The van der Waals surface area contributed by atoms with Crippen molar-refractivity contribution in [1.29, 1.82) is 0 Å². The fraction of sp³-hybridized carbons (Fsp3) is 0.167. The average Bonchev–Trinajstić information content (AvgIpc) is 2.30. The summed E-state index contributed by atoms with van der Waals surface area (Å²) in [5.41, 5.74) is 0. The van der Waals surface area contributed by atoms with Crippen molar-refractivity contribution in [1.82, 2.24) is 0 Å². The molecule has 0 amide bonds. The van der Waals surface area contributed by atoms with Crippen LogP contribution < -0.4 is 5.19 Å². The molecule has 0 aliphatic heterocycles. The molecule has 0 fully saturated rings. The van der Waals surface area contributed by atoms with E-state index in [1.807, 2.05) is 18.2 Å². The second-order valence-corrected chi connectivity index (χ2v) is 13.9. The number of rotatable bonds is 4. The molecule has 2 N–H and O–H groups in total. The zero-order valence-corrected chi connectivity index (χ0v) is 11.4. The molecule has 0 unspecified atom stereocenters. The smallest absolute Gasteiger partial charge is 0.115 e. The van der Waals surface area contributed by atoms with Gasteiger partial charge in [-0.3, -0.25) is 0 Å². The Morgan fingerprint density at radius 1 is 1.00 bits per heavy atom. The molecule has 0 spiro atoms. The maximum atomic E-state index is 8.92. The van der Waals surface area contributed by atoms with Crippen molar-refractivity contribution in [3.8, 4) is 0 Å². The third-order valence-electron chi connectivity index (χ3n) is 2.58. The largest absolute Gasteiger partial charge is 0.516 e. The van der Waals surface area contributed by atoms with E-state index in [0.717, 1.165) is 12.5 Å². The Balaban J connectivity index is 3.07. The van der Waals surface area contributed by atoms with Crippen molar-refractivity contribution in [2.75, 3.05) is 0 Å². The number of benzene rings is 1. The predicted octanol–water partition coefficient (Wildman–Crippen LogP) is 3.64. The first-order valence-electron chi connectivity index (χ1n) is 5.08. The van der Waals surface area contributed by atoms with Gasteiger partial charge >= 0.3 is 0 Å². The molecule has 86 valence electrons. The van der Waals surface area contributed by atoms with Gasteiger partial charge in [0.15, 0.2) is 0 Å². The monoisotopic (exact) mass is 252 g/mol. The van der Waals surface area contributed by atoms with Crippen LogP contribution in [-0.4, -0.2) is 18.0 Å². The quantitative estimate of drug-likeness (QED) is 0.488. The van der Waals surface area contributed by atoms with Crippen LogP contribution in [0.15, 0.2) is 54.5 Å². The lowest BCUT2D eigenvalue weighted by Crippen LogP contribution is -2.38. The van der Waals surface area contributed by atoms with Crippen molar-refractivity contribution in [3.05, 3.63) is 54.5 Å². The maximum absolute atomic E-state index is 8.92. The van der Waals surface area contributed by atoms with E-state index in [1.165, 1.54) is 5.19 Å². The molecule has 0 aliphatic rings. The summed E-state index contributed by atoms with van der Waals surface area (Å²) in [6.45, 7) is 4.49. The fourth-order valence-corrected chi connectivity index (χ4v) is 7.98. The van der Waals surface area contributed by atoms with E-state index in [2.05, 4.69) is 25.2 Å². The van der Waals surface area contributed by atoms with E-state index < -0.39 is 15.2 Å². The Morgan fingerprint density at radius 3 is 1.94 bits per heavy atom. The van der Waals surface area contributed by atoms with Gasteiger partial charge in [0.1, 0.15) is 7.74 Å². The highest BCUT2D eigenvalue weighted by Crippen LogP contribution is 2.48. The highest BCUT2D eigenvalue weighted by molar-refractivity contribution is 8.00. The van der Waals surface area contributed by atoms with E-state index in [-0.39, 0.29) is 0 Å². The van der Waals surface area contributed by atoms with Crippen molar-refractivity contribution in [2.45, 2.75) is 13.1 Å². The molecule has 16 heavy (non-hydrogen) atoms. The maximum Gasteiger partial charge on any atom is 0.115 e. The lowest BCUT2D eigenvalue weighted by Gasteiger charge is -2.28. The van der Waals surface area contributed by atoms with Gasteiger partial charge in [0, 0.05) is 0 Å². The van der Waals surface area contributed by atoms with Crippen LogP contribution in [-0.2, 0) is 0 Å². The molecule has 0 atom stereocenters. The molecule has 0 bridgehead atoms. The van der Waals surface area contributed by atoms with Gasteiger partial charge in [0.25, 0.3) is 0 Å². The first kappa shape index (κ1) is 13.0. The summed E-state index contributed by atoms with van der Waals surface area (Å²) in [5.74, 6) is 3.59. The summed E-state index contributed by atoms with van der Waals surface area (Å²) in [5, 5.41) is 19.2. The van der Waals surface area contributed by atoms with Gasteiger partial charge in [-0.15, -0.1) is 0 Å². The van der Waals surface area contributed by atoms with Gasteiger partial charge in [-0.25, -0.2) is 0 Å². The fourth-order valence-electron chi connectivity index (χ4n) is 1.56. The molecule has 2 nitrogen and oxygen atoms in total. The average molecular weight is 252 g/mol. The molecule has 0 saturated heterocycles. The van der Waals surface area contributed by atoms with Gasteiger partial charge < -0.3 is 10.2 Å². The van der Waals surface area contributed by atoms with Gasteiger partial charge in [0.2, 0.25) is 0 Å². The molecule has 0 aliphatic carbocycles. The molecule has 0 heterocycles. The summed E-state index contributed by atoms with van der Waals surface area (Å²) in [4.78, 5) is 0.